The fourth-order valence-electron chi connectivity index (χ4n) is 3.48. The number of ketones is 1. The Morgan fingerprint density at radius 3 is 2.61 bits per heavy atom. The molecule has 1 aliphatic heterocycles. The second kappa shape index (κ2) is 12.3. The minimum absolute atomic E-state index is 0.0335. The molecule has 3 atom stereocenters. The second-order valence-corrected chi connectivity index (χ2v) is 7.72. The van der Waals surface area contributed by atoms with Crippen LogP contribution in [-0.2, 0) is 25.7 Å². The van der Waals surface area contributed by atoms with Gasteiger partial charge in [0.15, 0.2) is 11.7 Å². The van der Waals surface area contributed by atoms with Crippen LogP contribution in [0.1, 0.15) is 31.7 Å². The molecule has 1 aromatic carbocycles. The number of hydrogen-bond acceptors (Lipinski definition) is 5. The first-order chi connectivity index (χ1) is 14.8. The molecule has 1 aromatic rings. The predicted octanol–water partition coefficient (Wildman–Crippen LogP) is 0.539. The normalized spacial score (nSPS) is 19.0. The molecule has 1 aliphatic rings. The van der Waals surface area contributed by atoms with Crippen LogP contribution in [0.25, 0.3) is 0 Å². The molecule has 0 radical (unpaired) electrons. The van der Waals surface area contributed by atoms with E-state index in [1.165, 1.54) is 11.8 Å². The summed E-state index contributed by atoms with van der Waals surface area (Å²) >= 11 is 5.70. The number of nitrogens with zero attached hydrogens (tertiary/aromatic N) is 2. The lowest BCUT2D eigenvalue weighted by atomic mass is 10.1. The van der Waals surface area contributed by atoms with Crippen LogP contribution >= 0.6 is 11.6 Å². The number of nitrogens with one attached hydrogen (secondary N) is 1. The molecular weight excluding hydrogens is 422 g/mol. The summed E-state index contributed by atoms with van der Waals surface area (Å²) in [6, 6.07) is 8.20. The number of hydrogen-bond donors (Lipinski definition) is 3. The smallest absolute Gasteiger partial charge is 0.243 e. The maximum atomic E-state index is 12.9. The van der Waals surface area contributed by atoms with Gasteiger partial charge in [-0.15, -0.1) is 11.6 Å². The summed E-state index contributed by atoms with van der Waals surface area (Å²) in [4.78, 5) is 42.6. The van der Waals surface area contributed by atoms with Crippen molar-refractivity contribution in [2.75, 3.05) is 19.0 Å². The number of guanidine groups is 1. The number of Topliss-reactive ketones (excluding diaryl/α,β-unsaturated/α-hetero) is 1. The predicted molar refractivity (Wildman–Crippen MR) is 118 cm³/mol. The second-order valence-electron chi connectivity index (χ2n) is 7.45. The van der Waals surface area contributed by atoms with E-state index in [9.17, 15) is 14.4 Å². The summed E-state index contributed by atoms with van der Waals surface area (Å²) in [5, 5.41) is 2.74. The maximum Gasteiger partial charge on any atom is 0.243 e. The van der Waals surface area contributed by atoms with Gasteiger partial charge >= 0.3 is 0 Å². The molecule has 0 bridgehead atoms. The molecule has 1 fully saturated rings. The van der Waals surface area contributed by atoms with Crippen LogP contribution in [0, 0.1) is 0 Å². The van der Waals surface area contributed by atoms with E-state index in [0.29, 0.717) is 39.0 Å². The summed E-state index contributed by atoms with van der Waals surface area (Å²) in [5.41, 5.74) is 11.6. The Bertz CT molecular complexity index is 785. The van der Waals surface area contributed by atoms with Crippen molar-refractivity contribution >= 4 is 35.2 Å². The summed E-state index contributed by atoms with van der Waals surface area (Å²) in [6.07, 6.45) is 0.919. The number of carbonyl (C=O) groups excluding carboxylic acids is 3. The van der Waals surface area contributed by atoms with E-state index in [4.69, 9.17) is 27.8 Å². The molecule has 170 valence electrons. The van der Waals surface area contributed by atoms with E-state index < -0.39 is 18.0 Å². The van der Waals surface area contributed by atoms with Crippen molar-refractivity contribution in [3.63, 3.8) is 0 Å². The molecule has 0 spiro atoms. The van der Waals surface area contributed by atoms with Gasteiger partial charge in [0.05, 0.1) is 24.6 Å². The third-order valence-electron chi connectivity index (χ3n) is 5.08. The first kappa shape index (κ1) is 24.6. The SMILES string of the molecule is CC(=O)N1C[C@@H](OCc2ccccc2)C[C@H]1C(=O)N[C@@H](CCCN=C(N)N)C(=O)CCl. The highest BCUT2D eigenvalue weighted by atomic mass is 35.5. The monoisotopic (exact) mass is 451 g/mol. The van der Waals surface area contributed by atoms with Crippen molar-refractivity contribution < 1.29 is 19.1 Å². The number of halogens is 1. The Kier molecular flexibility index (Phi) is 9.74. The van der Waals surface area contributed by atoms with Crippen LogP contribution in [0.15, 0.2) is 35.3 Å². The van der Waals surface area contributed by atoms with Crippen LogP contribution in [-0.4, -0.2) is 65.6 Å². The number of benzene rings is 1. The molecule has 9 nitrogen and oxygen atoms in total. The van der Waals surface area contributed by atoms with Gasteiger partial charge < -0.3 is 26.4 Å². The maximum absolute atomic E-state index is 12.9. The number of carbonyl (C=O) groups is 3. The topological polar surface area (TPSA) is 140 Å². The van der Waals surface area contributed by atoms with Crippen LogP contribution in [0.3, 0.4) is 0 Å². The first-order valence-electron chi connectivity index (χ1n) is 10.2. The fraction of sp³-hybridized carbons (Fsp3) is 0.524. The van der Waals surface area contributed by atoms with Gasteiger partial charge in [-0.1, -0.05) is 30.3 Å². The Morgan fingerprint density at radius 1 is 1.29 bits per heavy atom. The standard InChI is InChI=1S/C21H30ClN5O4/c1-14(28)27-12-16(31-13-15-6-3-2-4-7-15)10-18(27)20(30)26-17(19(29)11-22)8-5-9-25-21(23)24/h2-4,6-7,16-18H,5,8-13H2,1H3,(H,26,30)(H4,23,24,25)/t16-,17-,18-/m0/s1. The van der Waals surface area contributed by atoms with Crippen LogP contribution in [0.2, 0.25) is 0 Å². The van der Waals surface area contributed by atoms with Crippen molar-refractivity contribution in [1.29, 1.82) is 0 Å². The van der Waals surface area contributed by atoms with Crippen molar-refractivity contribution in [2.24, 2.45) is 16.5 Å². The van der Waals surface area contributed by atoms with E-state index >= 15 is 0 Å². The average molecular weight is 452 g/mol. The molecule has 0 saturated carbocycles. The van der Waals surface area contributed by atoms with E-state index in [-0.39, 0.29) is 29.6 Å². The van der Waals surface area contributed by atoms with Gasteiger partial charge in [-0.3, -0.25) is 19.4 Å². The molecule has 1 saturated heterocycles. The highest BCUT2D eigenvalue weighted by Gasteiger charge is 2.39. The van der Waals surface area contributed by atoms with Gasteiger partial charge in [0.25, 0.3) is 0 Å². The quantitative estimate of drug-likeness (QED) is 0.194. The van der Waals surface area contributed by atoms with Gasteiger partial charge in [0.1, 0.15) is 6.04 Å². The van der Waals surface area contributed by atoms with Gasteiger partial charge in [-0.05, 0) is 18.4 Å². The van der Waals surface area contributed by atoms with Crippen molar-refractivity contribution in [1.82, 2.24) is 10.2 Å². The molecule has 2 rings (SSSR count). The van der Waals surface area contributed by atoms with E-state index in [1.54, 1.807) is 0 Å². The third-order valence-corrected chi connectivity index (χ3v) is 5.34. The summed E-state index contributed by atoms with van der Waals surface area (Å²) in [6.45, 7) is 2.46. The van der Waals surface area contributed by atoms with E-state index in [2.05, 4.69) is 10.3 Å². The number of ether oxygens (including phenoxy) is 1. The lowest BCUT2D eigenvalue weighted by Gasteiger charge is -2.24. The molecule has 31 heavy (non-hydrogen) atoms. The Morgan fingerprint density at radius 2 is 2.00 bits per heavy atom. The third kappa shape index (κ3) is 7.84. The zero-order valence-corrected chi connectivity index (χ0v) is 18.4. The summed E-state index contributed by atoms with van der Waals surface area (Å²) in [7, 11) is 0. The minimum Gasteiger partial charge on any atom is -0.372 e. The van der Waals surface area contributed by atoms with Gasteiger partial charge in [0.2, 0.25) is 11.8 Å². The molecule has 0 aliphatic carbocycles. The fourth-order valence-corrected chi connectivity index (χ4v) is 3.67. The summed E-state index contributed by atoms with van der Waals surface area (Å²) < 4.78 is 5.92. The lowest BCUT2D eigenvalue weighted by Crippen LogP contribution is -2.50. The minimum atomic E-state index is -0.766. The van der Waals surface area contributed by atoms with Crippen LogP contribution < -0.4 is 16.8 Å². The number of alkyl halides is 1. The number of nitrogens with two attached hydrogens (primary N) is 2. The molecule has 2 amide bonds. The molecule has 0 unspecified atom stereocenters. The number of aliphatic imine (C=N–C) groups is 1. The average Bonchev–Trinajstić information content (AvgIpc) is 3.19. The molecule has 5 N–H and O–H groups in total. The molecule has 10 heteroatoms. The Hall–Kier alpha value is -2.65. The highest BCUT2D eigenvalue weighted by molar-refractivity contribution is 6.28. The van der Waals surface area contributed by atoms with Crippen molar-refractivity contribution in [3.8, 4) is 0 Å². The first-order valence-corrected chi connectivity index (χ1v) is 10.7. The van der Waals surface area contributed by atoms with Crippen LogP contribution in [0.4, 0.5) is 0 Å². The van der Waals surface area contributed by atoms with Gasteiger partial charge in [-0.25, -0.2) is 0 Å². The van der Waals surface area contributed by atoms with Crippen LogP contribution in [0.5, 0.6) is 0 Å². The number of likely N-dealkylation sites (tertiary alicyclic amines) is 1. The van der Waals surface area contributed by atoms with E-state index in [1.807, 2.05) is 30.3 Å². The van der Waals surface area contributed by atoms with E-state index in [0.717, 1.165) is 5.56 Å². The number of amides is 2. The zero-order valence-electron chi connectivity index (χ0n) is 17.6. The zero-order chi connectivity index (χ0) is 22.8. The molecule has 0 aromatic heterocycles. The Labute approximate surface area is 187 Å². The Balaban J connectivity index is 1.97. The summed E-state index contributed by atoms with van der Waals surface area (Å²) in [5.74, 6) is -1.18. The lowest BCUT2D eigenvalue weighted by molar-refractivity contribution is -0.138. The van der Waals surface area contributed by atoms with Crippen molar-refractivity contribution in [3.05, 3.63) is 35.9 Å². The molecule has 1 heterocycles. The van der Waals surface area contributed by atoms with Gasteiger partial charge in [-0.2, -0.15) is 0 Å². The highest BCUT2D eigenvalue weighted by Crippen LogP contribution is 2.22. The van der Waals surface area contributed by atoms with Crippen molar-refractivity contribution in [2.45, 2.75) is 51.0 Å². The largest absolute Gasteiger partial charge is 0.372 e. The van der Waals surface area contributed by atoms with Gasteiger partial charge in [0, 0.05) is 26.4 Å². The number of rotatable bonds is 11. The molecular formula is C21H30ClN5O4.